The lowest BCUT2D eigenvalue weighted by atomic mass is 10.6. The lowest BCUT2D eigenvalue weighted by Gasteiger charge is -2.01. The molecule has 0 aliphatic carbocycles. The third-order valence-electron chi connectivity index (χ3n) is 0.909. The Bertz CT molecular complexity index is 58.3. The Morgan fingerprint density at radius 1 is 1.83 bits per heavy atom. The van der Waals surface area contributed by atoms with Crippen molar-refractivity contribution >= 4 is 0 Å². The topological polar surface area (TPSA) is 3.24 Å². The van der Waals surface area contributed by atoms with Gasteiger partial charge in [0.05, 0.1) is 0 Å². The molecule has 1 heterocycles. The Morgan fingerprint density at radius 2 is 2.67 bits per heavy atom. The van der Waals surface area contributed by atoms with E-state index < -0.39 is 0 Å². The molecule has 0 spiro atoms. The SMILES string of the molecule is CN1C[C]=CC1. The zero-order chi connectivity index (χ0) is 4.41. The highest BCUT2D eigenvalue weighted by Gasteiger charge is 1.95. The average Bonchev–Trinajstić information content (AvgIpc) is 1.86. The molecule has 1 heteroatoms. The summed E-state index contributed by atoms with van der Waals surface area (Å²) in [5, 5.41) is 0. The molecule has 0 fully saturated rings. The van der Waals surface area contributed by atoms with Crippen LogP contribution in [-0.4, -0.2) is 25.0 Å². The van der Waals surface area contributed by atoms with E-state index in [9.17, 15) is 0 Å². The summed E-state index contributed by atoms with van der Waals surface area (Å²) in [7, 11) is 2.08. The van der Waals surface area contributed by atoms with Crippen LogP contribution in [0.1, 0.15) is 0 Å². The minimum absolute atomic E-state index is 1.01. The van der Waals surface area contributed by atoms with Gasteiger partial charge in [-0.1, -0.05) is 6.08 Å². The van der Waals surface area contributed by atoms with E-state index in [-0.39, 0.29) is 0 Å². The fraction of sp³-hybridized carbons (Fsp3) is 0.600. The Balaban J connectivity index is 2.32. The van der Waals surface area contributed by atoms with Gasteiger partial charge in [-0.05, 0) is 13.1 Å². The Kier molecular flexibility index (Phi) is 0.926. The van der Waals surface area contributed by atoms with Crippen molar-refractivity contribution in [1.29, 1.82) is 0 Å². The number of likely N-dealkylation sites (N-methyl/N-ethyl adjacent to an activating group) is 1. The first kappa shape index (κ1) is 3.88. The molecule has 33 valence electrons. The summed E-state index contributed by atoms with van der Waals surface area (Å²) in [6.07, 6.45) is 5.13. The fourth-order valence-corrected chi connectivity index (χ4v) is 0.505. The molecule has 1 aliphatic rings. The van der Waals surface area contributed by atoms with Crippen LogP contribution in [0.3, 0.4) is 0 Å². The van der Waals surface area contributed by atoms with Gasteiger partial charge in [0.1, 0.15) is 0 Å². The molecule has 0 unspecified atom stereocenters. The minimum Gasteiger partial charge on any atom is -0.298 e. The normalized spacial score (nSPS) is 22.8. The van der Waals surface area contributed by atoms with Crippen molar-refractivity contribution in [2.24, 2.45) is 0 Å². The van der Waals surface area contributed by atoms with Gasteiger partial charge in [0, 0.05) is 13.1 Å². The fourth-order valence-electron chi connectivity index (χ4n) is 0.505. The molecule has 1 radical (unpaired) electrons. The Hall–Kier alpha value is -0.300. The largest absolute Gasteiger partial charge is 0.298 e. The summed E-state index contributed by atoms with van der Waals surface area (Å²) in [5.41, 5.74) is 0. The highest BCUT2D eigenvalue weighted by molar-refractivity contribution is 4.86. The lowest BCUT2D eigenvalue weighted by Crippen LogP contribution is -2.11. The van der Waals surface area contributed by atoms with E-state index >= 15 is 0 Å². The molecule has 0 aromatic heterocycles. The summed E-state index contributed by atoms with van der Waals surface area (Å²) in [6, 6.07) is 0. The molecule has 0 bridgehead atoms. The van der Waals surface area contributed by atoms with Gasteiger partial charge in [0.25, 0.3) is 0 Å². The van der Waals surface area contributed by atoms with E-state index in [0.717, 1.165) is 13.1 Å². The van der Waals surface area contributed by atoms with Gasteiger partial charge in [0.15, 0.2) is 0 Å². The van der Waals surface area contributed by atoms with Crippen molar-refractivity contribution in [1.82, 2.24) is 4.90 Å². The van der Waals surface area contributed by atoms with Gasteiger partial charge >= 0.3 is 0 Å². The Labute approximate surface area is 38.3 Å². The molecule has 0 amide bonds. The maximum Gasteiger partial charge on any atom is 0.0234 e. The highest BCUT2D eigenvalue weighted by atomic mass is 15.1. The second-order valence-corrected chi connectivity index (χ2v) is 1.60. The molecule has 0 atom stereocenters. The van der Waals surface area contributed by atoms with Gasteiger partial charge in [-0.3, -0.25) is 4.90 Å². The quantitative estimate of drug-likeness (QED) is 0.406. The summed E-state index contributed by atoms with van der Waals surface area (Å²) < 4.78 is 0. The predicted molar refractivity (Wildman–Crippen MR) is 25.3 cm³/mol. The predicted octanol–water partition coefficient (Wildman–Crippen LogP) is 0.291. The first-order chi connectivity index (χ1) is 2.89. The van der Waals surface area contributed by atoms with Crippen LogP contribution in [0.4, 0.5) is 0 Å². The molecule has 0 aromatic rings. The van der Waals surface area contributed by atoms with Gasteiger partial charge in [0.2, 0.25) is 0 Å². The molecule has 1 nitrogen and oxygen atoms in total. The first-order valence-electron chi connectivity index (χ1n) is 2.13. The smallest absolute Gasteiger partial charge is 0.0234 e. The van der Waals surface area contributed by atoms with Crippen LogP contribution in [0, 0.1) is 6.08 Å². The minimum atomic E-state index is 1.01. The van der Waals surface area contributed by atoms with Crippen molar-refractivity contribution in [2.75, 3.05) is 20.1 Å². The van der Waals surface area contributed by atoms with E-state index in [1.165, 1.54) is 0 Å². The Morgan fingerprint density at radius 3 is 2.83 bits per heavy atom. The zero-order valence-electron chi connectivity index (χ0n) is 3.94. The highest BCUT2D eigenvalue weighted by Crippen LogP contribution is 1.89. The van der Waals surface area contributed by atoms with Crippen LogP contribution in [-0.2, 0) is 0 Å². The molecule has 1 rings (SSSR count). The zero-order valence-corrected chi connectivity index (χ0v) is 3.94. The monoisotopic (exact) mass is 82.1 g/mol. The van der Waals surface area contributed by atoms with Crippen LogP contribution in [0.15, 0.2) is 6.08 Å². The molecule has 0 saturated carbocycles. The number of hydrogen-bond donors (Lipinski definition) is 0. The van der Waals surface area contributed by atoms with Crippen molar-refractivity contribution in [2.45, 2.75) is 0 Å². The van der Waals surface area contributed by atoms with Gasteiger partial charge in [-0.2, -0.15) is 0 Å². The number of hydrogen-bond acceptors (Lipinski definition) is 1. The second-order valence-electron chi connectivity index (χ2n) is 1.60. The number of nitrogens with zero attached hydrogens (tertiary/aromatic N) is 1. The molecule has 0 N–H and O–H groups in total. The molecule has 0 aromatic carbocycles. The van der Waals surface area contributed by atoms with Crippen LogP contribution >= 0.6 is 0 Å². The molecule has 1 aliphatic heterocycles. The van der Waals surface area contributed by atoms with Crippen LogP contribution < -0.4 is 0 Å². The molecule has 0 saturated heterocycles. The van der Waals surface area contributed by atoms with Crippen molar-refractivity contribution in [3.63, 3.8) is 0 Å². The van der Waals surface area contributed by atoms with Crippen molar-refractivity contribution in [3.05, 3.63) is 12.2 Å². The third-order valence-corrected chi connectivity index (χ3v) is 0.909. The van der Waals surface area contributed by atoms with Crippen LogP contribution in [0.5, 0.6) is 0 Å². The van der Waals surface area contributed by atoms with Gasteiger partial charge < -0.3 is 0 Å². The summed E-state index contributed by atoms with van der Waals surface area (Å²) in [6.45, 7) is 2.10. The van der Waals surface area contributed by atoms with Crippen LogP contribution in [0.2, 0.25) is 0 Å². The van der Waals surface area contributed by atoms with Crippen molar-refractivity contribution in [3.8, 4) is 0 Å². The van der Waals surface area contributed by atoms with Gasteiger partial charge in [-0.15, -0.1) is 0 Å². The molecule has 6 heavy (non-hydrogen) atoms. The van der Waals surface area contributed by atoms with Crippen molar-refractivity contribution < 1.29 is 0 Å². The van der Waals surface area contributed by atoms with E-state index in [4.69, 9.17) is 0 Å². The third kappa shape index (κ3) is 0.601. The summed E-state index contributed by atoms with van der Waals surface area (Å²) >= 11 is 0. The number of rotatable bonds is 0. The average molecular weight is 82.1 g/mol. The van der Waals surface area contributed by atoms with Gasteiger partial charge in [-0.25, -0.2) is 0 Å². The maximum absolute atomic E-state index is 3.07. The second kappa shape index (κ2) is 1.43. The van der Waals surface area contributed by atoms with E-state index in [2.05, 4.69) is 24.1 Å². The van der Waals surface area contributed by atoms with E-state index in [1.807, 2.05) is 0 Å². The first-order valence-corrected chi connectivity index (χ1v) is 2.13. The molecular weight excluding hydrogens is 74.1 g/mol. The molecular formula is C5H8N. The van der Waals surface area contributed by atoms with E-state index in [0.29, 0.717) is 0 Å². The maximum atomic E-state index is 3.07. The summed E-state index contributed by atoms with van der Waals surface area (Å²) in [4.78, 5) is 2.19. The standard InChI is InChI=1S/C5H8N/c1-6-4-2-3-5-6/h2H,4-5H2,1H3. The lowest BCUT2D eigenvalue weighted by molar-refractivity contribution is 0.432. The summed E-state index contributed by atoms with van der Waals surface area (Å²) in [5.74, 6) is 0. The van der Waals surface area contributed by atoms with E-state index in [1.54, 1.807) is 0 Å². The van der Waals surface area contributed by atoms with Crippen LogP contribution in [0.25, 0.3) is 0 Å².